The topological polar surface area (TPSA) is 75.5 Å². The molecule has 0 N–H and O–H groups in total. The normalized spacial score (nSPS) is 15.8. The number of hydrogen-bond donors (Lipinski definition) is 0. The third-order valence-electron chi connectivity index (χ3n) is 6.50. The highest BCUT2D eigenvalue weighted by atomic mass is 16.2. The number of ketones is 1. The minimum absolute atomic E-state index is 0.00935. The van der Waals surface area contributed by atoms with Gasteiger partial charge in [-0.05, 0) is 25.3 Å². The van der Waals surface area contributed by atoms with Crippen molar-refractivity contribution in [1.29, 1.82) is 0 Å². The lowest BCUT2D eigenvalue weighted by Crippen LogP contribution is -2.50. The second-order valence-electron chi connectivity index (χ2n) is 8.51. The molecule has 2 aliphatic rings. The molecule has 2 aliphatic heterocycles. The quantitative estimate of drug-likeness (QED) is 0.582. The molecular formula is C26H26N4O3. The molecular weight excluding hydrogens is 416 g/mol. The highest BCUT2D eigenvalue weighted by Crippen LogP contribution is 2.21. The van der Waals surface area contributed by atoms with Crippen LogP contribution in [-0.4, -0.2) is 63.4 Å². The Morgan fingerprint density at radius 1 is 0.667 bits per heavy atom. The number of rotatable bonds is 4. The lowest BCUT2D eigenvalue weighted by Gasteiger charge is -2.35. The zero-order chi connectivity index (χ0) is 22.8. The number of hydrogen-bond acceptors (Lipinski definition) is 4. The summed E-state index contributed by atoms with van der Waals surface area (Å²) >= 11 is 0. The van der Waals surface area contributed by atoms with Crippen LogP contribution in [0.5, 0.6) is 0 Å². The van der Waals surface area contributed by atoms with Crippen LogP contribution in [0.15, 0.2) is 60.8 Å². The van der Waals surface area contributed by atoms with Crippen LogP contribution >= 0.6 is 0 Å². The van der Waals surface area contributed by atoms with Crippen molar-refractivity contribution >= 4 is 17.6 Å². The molecule has 2 aromatic carbocycles. The van der Waals surface area contributed by atoms with E-state index in [0.29, 0.717) is 48.4 Å². The van der Waals surface area contributed by atoms with Crippen molar-refractivity contribution < 1.29 is 14.4 Å². The minimum Gasteiger partial charge on any atom is -0.335 e. The van der Waals surface area contributed by atoms with E-state index in [9.17, 15) is 14.4 Å². The van der Waals surface area contributed by atoms with Gasteiger partial charge in [0.25, 0.3) is 11.8 Å². The fraction of sp³-hybridized carbons (Fsp3) is 0.308. The van der Waals surface area contributed by atoms with Crippen LogP contribution in [0.2, 0.25) is 0 Å². The van der Waals surface area contributed by atoms with Crippen LogP contribution in [0.4, 0.5) is 0 Å². The standard InChI is InChI=1S/C26H26N4O3/c31-24(19-8-2-1-3-9-19)20-10-4-5-11-21(20)25(32)28-14-16-29(17-15-28)26(33)22-18-27-30-13-7-6-12-23(22)30/h1-5,8-11,18H,6-7,12-17H2. The minimum atomic E-state index is -0.176. The summed E-state index contributed by atoms with van der Waals surface area (Å²) in [6.07, 6.45) is 4.74. The summed E-state index contributed by atoms with van der Waals surface area (Å²) in [5.41, 5.74) is 3.07. The van der Waals surface area contributed by atoms with Crippen molar-refractivity contribution in [3.63, 3.8) is 0 Å². The molecule has 3 aromatic rings. The maximum absolute atomic E-state index is 13.3. The van der Waals surface area contributed by atoms with E-state index in [1.54, 1.807) is 52.4 Å². The molecule has 1 fully saturated rings. The molecule has 5 rings (SSSR count). The molecule has 0 unspecified atom stereocenters. The van der Waals surface area contributed by atoms with Gasteiger partial charge in [-0.15, -0.1) is 0 Å². The van der Waals surface area contributed by atoms with E-state index in [1.165, 1.54) is 0 Å². The summed E-state index contributed by atoms with van der Waals surface area (Å²) in [7, 11) is 0. The Morgan fingerprint density at radius 3 is 1.97 bits per heavy atom. The smallest absolute Gasteiger partial charge is 0.257 e. The van der Waals surface area contributed by atoms with Gasteiger partial charge in [0.2, 0.25) is 0 Å². The zero-order valence-corrected chi connectivity index (χ0v) is 18.4. The molecule has 0 saturated carbocycles. The molecule has 168 valence electrons. The van der Waals surface area contributed by atoms with Crippen molar-refractivity contribution in [3.8, 4) is 0 Å². The first-order valence-electron chi connectivity index (χ1n) is 11.5. The Kier molecular flexibility index (Phi) is 5.77. The summed E-state index contributed by atoms with van der Waals surface area (Å²) < 4.78 is 1.94. The van der Waals surface area contributed by atoms with Crippen LogP contribution in [0, 0.1) is 0 Å². The van der Waals surface area contributed by atoms with Gasteiger partial charge in [0, 0.05) is 43.9 Å². The molecule has 1 aromatic heterocycles. The maximum Gasteiger partial charge on any atom is 0.257 e. The lowest BCUT2D eigenvalue weighted by molar-refractivity contribution is 0.0533. The summed E-state index contributed by atoms with van der Waals surface area (Å²) in [5, 5.41) is 4.38. The van der Waals surface area contributed by atoms with Crippen molar-refractivity contribution in [3.05, 3.63) is 88.7 Å². The van der Waals surface area contributed by atoms with E-state index in [4.69, 9.17) is 0 Å². The van der Waals surface area contributed by atoms with Crippen molar-refractivity contribution in [2.24, 2.45) is 0 Å². The number of aromatic nitrogens is 2. The predicted molar refractivity (Wildman–Crippen MR) is 123 cm³/mol. The average Bonchev–Trinajstić information content (AvgIpc) is 3.32. The van der Waals surface area contributed by atoms with E-state index in [-0.39, 0.29) is 17.6 Å². The Bertz CT molecular complexity index is 1190. The van der Waals surface area contributed by atoms with Gasteiger partial charge in [-0.25, -0.2) is 0 Å². The van der Waals surface area contributed by atoms with Gasteiger partial charge in [-0.3, -0.25) is 19.1 Å². The second kappa shape index (κ2) is 9.02. The summed E-state index contributed by atoms with van der Waals surface area (Å²) in [4.78, 5) is 43.0. The number of carbonyl (C=O) groups excluding carboxylic acids is 3. The molecule has 0 aliphatic carbocycles. The van der Waals surface area contributed by atoms with Crippen molar-refractivity contribution in [1.82, 2.24) is 19.6 Å². The van der Waals surface area contributed by atoms with Gasteiger partial charge >= 0.3 is 0 Å². The molecule has 7 nitrogen and oxygen atoms in total. The largest absolute Gasteiger partial charge is 0.335 e. The lowest BCUT2D eigenvalue weighted by atomic mass is 9.97. The van der Waals surface area contributed by atoms with E-state index in [2.05, 4.69) is 5.10 Å². The summed E-state index contributed by atoms with van der Waals surface area (Å²) in [5.74, 6) is -0.353. The maximum atomic E-state index is 13.3. The first kappa shape index (κ1) is 21.1. The molecule has 1 saturated heterocycles. The SMILES string of the molecule is O=C(c1ccccc1)c1ccccc1C(=O)N1CCN(C(=O)c2cnn3c2CCCC3)CC1. The molecule has 0 radical (unpaired) electrons. The molecule has 3 heterocycles. The van der Waals surface area contributed by atoms with Gasteiger partial charge in [0.1, 0.15) is 0 Å². The van der Waals surface area contributed by atoms with Gasteiger partial charge in [0.15, 0.2) is 5.78 Å². The second-order valence-corrected chi connectivity index (χ2v) is 8.51. The Balaban J connectivity index is 1.28. The van der Waals surface area contributed by atoms with Crippen molar-refractivity contribution in [2.75, 3.05) is 26.2 Å². The van der Waals surface area contributed by atoms with Crippen LogP contribution in [0.3, 0.4) is 0 Å². The van der Waals surface area contributed by atoms with Crippen LogP contribution < -0.4 is 0 Å². The fourth-order valence-electron chi connectivity index (χ4n) is 4.67. The Hall–Kier alpha value is -3.74. The van der Waals surface area contributed by atoms with Crippen LogP contribution in [0.1, 0.15) is 55.2 Å². The van der Waals surface area contributed by atoms with Crippen LogP contribution in [-0.2, 0) is 13.0 Å². The number of aryl methyl sites for hydroxylation is 1. The summed E-state index contributed by atoms with van der Waals surface area (Å²) in [6, 6.07) is 15.9. The Labute approximate surface area is 192 Å². The average molecular weight is 443 g/mol. The molecule has 0 spiro atoms. The van der Waals surface area contributed by atoms with E-state index < -0.39 is 0 Å². The predicted octanol–water partition coefficient (Wildman–Crippen LogP) is 3.05. The fourth-order valence-corrected chi connectivity index (χ4v) is 4.67. The number of amides is 2. The molecule has 33 heavy (non-hydrogen) atoms. The number of fused-ring (bicyclic) bond motifs is 1. The third kappa shape index (κ3) is 4.06. The highest BCUT2D eigenvalue weighted by molar-refractivity contribution is 6.15. The van der Waals surface area contributed by atoms with Gasteiger partial charge in [-0.1, -0.05) is 48.5 Å². The van der Waals surface area contributed by atoms with E-state index in [1.807, 2.05) is 22.9 Å². The first-order chi connectivity index (χ1) is 16.1. The number of carbonyl (C=O) groups is 3. The molecule has 0 bridgehead atoms. The molecule has 0 atom stereocenters. The van der Waals surface area contributed by atoms with Crippen LogP contribution in [0.25, 0.3) is 0 Å². The van der Waals surface area contributed by atoms with Gasteiger partial charge < -0.3 is 9.80 Å². The molecule has 2 amide bonds. The highest BCUT2D eigenvalue weighted by Gasteiger charge is 2.30. The van der Waals surface area contributed by atoms with E-state index in [0.717, 1.165) is 31.5 Å². The van der Waals surface area contributed by atoms with E-state index >= 15 is 0 Å². The summed E-state index contributed by atoms with van der Waals surface area (Å²) in [6.45, 7) is 2.66. The van der Waals surface area contributed by atoms with Gasteiger partial charge in [0.05, 0.1) is 23.0 Å². The number of benzene rings is 2. The number of nitrogens with zero attached hydrogens (tertiary/aromatic N) is 4. The zero-order valence-electron chi connectivity index (χ0n) is 18.4. The first-order valence-corrected chi connectivity index (χ1v) is 11.5. The van der Waals surface area contributed by atoms with Gasteiger partial charge in [-0.2, -0.15) is 5.10 Å². The Morgan fingerprint density at radius 2 is 1.27 bits per heavy atom. The van der Waals surface area contributed by atoms with Crippen molar-refractivity contribution in [2.45, 2.75) is 25.8 Å². The number of piperazine rings is 1. The monoisotopic (exact) mass is 442 g/mol. The third-order valence-corrected chi connectivity index (χ3v) is 6.50. The molecule has 7 heteroatoms.